The highest BCUT2D eigenvalue weighted by atomic mass is 16.5. The van der Waals surface area contributed by atoms with Gasteiger partial charge in [-0.1, -0.05) is 18.2 Å². The van der Waals surface area contributed by atoms with Gasteiger partial charge in [0.1, 0.15) is 0 Å². The number of rotatable bonds is 4. The van der Waals surface area contributed by atoms with E-state index in [9.17, 15) is 9.59 Å². The molecule has 6 nitrogen and oxygen atoms in total. The normalized spacial score (nSPS) is 23.6. The molecule has 6 heteroatoms. The molecule has 3 aliphatic rings. The second-order valence-corrected chi connectivity index (χ2v) is 8.70. The van der Waals surface area contributed by atoms with Crippen LogP contribution in [0.3, 0.4) is 0 Å². The summed E-state index contributed by atoms with van der Waals surface area (Å²) in [6.45, 7) is 7.29. The van der Waals surface area contributed by atoms with Crippen molar-refractivity contribution in [3.05, 3.63) is 41.6 Å². The number of benzene rings is 1. The maximum Gasteiger partial charge on any atom is 0.238 e. The molecule has 2 aliphatic heterocycles. The molecule has 3 heterocycles. The minimum atomic E-state index is -0.131. The van der Waals surface area contributed by atoms with Crippen molar-refractivity contribution in [2.45, 2.75) is 26.3 Å². The van der Waals surface area contributed by atoms with Gasteiger partial charge in [-0.25, -0.2) is 0 Å². The van der Waals surface area contributed by atoms with E-state index in [4.69, 9.17) is 4.74 Å². The molecule has 158 valence electrons. The molecule has 0 N–H and O–H groups in total. The highest BCUT2D eigenvalue weighted by Gasteiger charge is 2.38. The number of hydrogen-bond donors (Lipinski definition) is 0. The maximum atomic E-state index is 13.1. The van der Waals surface area contributed by atoms with Crippen molar-refractivity contribution in [1.29, 1.82) is 0 Å². The topological polar surface area (TPSA) is 54.8 Å². The van der Waals surface area contributed by atoms with Crippen LogP contribution in [0.5, 0.6) is 0 Å². The van der Waals surface area contributed by atoms with Crippen molar-refractivity contribution in [3.8, 4) is 0 Å². The van der Waals surface area contributed by atoms with Crippen molar-refractivity contribution < 1.29 is 14.3 Å². The Bertz CT molecular complexity index is 1050. The van der Waals surface area contributed by atoms with Crippen LogP contribution >= 0.6 is 0 Å². The van der Waals surface area contributed by atoms with Crippen LogP contribution in [0.2, 0.25) is 0 Å². The summed E-state index contributed by atoms with van der Waals surface area (Å²) < 4.78 is 7.07. The number of aromatic nitrogens is 1. The Balaban J connectivity index is 1.59. The SMILES string of the molecule is CCN(CC)C(=O)[C@@H]1C=C2c3cccc4c3c(cn4C(=O)C3COC3)C[C@H]2N(C)C1. The molecule has 0 bridgehead atoms. The molecule has 1 aromatic carbocycles. The summed E-state index contributed by atoms with van der Waals surface area (Å²) in [5.74, 6) is 0.150. The molecule has 2 aromatic rings. The van der Waals surface area contributed by atoms with Crippen LogP contribution in [-0.4, -0.2) is 72.1 Å². The number of nitrogens with zero attached hydrogens (tertiary/aromatic N) is 3. The number of hydrogen-bond acceptors (Lipinski definition) is 4. The summed E-state index contributed by atoms with van der Waals surface area (Å²) >= 11 is 0. The number of carbonyl (C=O) groups excluding carboxylic acids is 2. The van der Waals surface area contributed by atoms with E-state index in [1.807, 2.05) is 41.6 Å². The molecule has 0 saturated carbocycles. The van der Waals surface area contributed by atoms with E-state index in [1.165, 1.54) is 16.7 Å². The minimum Gasteiger partial charge on any atom is -0.380 e. The van der Waals surface area contributed by atoms with Gasteiger partial charge in [-0.15, -0.1) is 0 Å². The standard InChI is InChI=1S/C24H29N3O3/c1-4-26(5-2)23(28)16-9-19-18-7-6-8-20-22(18)15(10-21(19)25(3)11-16)12-27(20)24(29)17-13-30-14-17/h6-9,12,16-17,21H,4-5,10-11,13-14H2,1-3H3/t16-,21-/m1/s1. The zero-order chi connectivity index (χ0) is 21.0. The van der Waals surface area contributed by atoms with Gasteiger partial charge in [-0.3, -0.25) is 19.1 Å². The Morgan fingerprint density at radius 1 is 1.20 bits per heavy atom. The van der Waals surface area contributed by atoms with E-state index in [2.05, 4.69) is 24.1 Å². The summed E-state index contributed by atoms with van der Waals surface area (Å²) in [5.41, 5.74) is 4.58. The number of amides is 1. The van der Waals surface area contributed by atoms with Crippen LogP contribution in [-0.2, 0) is 16.0 Å². The molecule has 1 fully saturated rings. The average Bonchev–Trinajstić information content (AvgIpc) is 3.08. The van der Waals surface area contributed by atoms with E-state index in [0.29, 0.717) is 13.2 Å². The third kappa shape index (κ3) is 2.85. The lowest BCUT2D eigenvalue weighted by molar-refractivity contribution is -0.134. The van der Waals surface area contributed by atoms with Gasteiger partial charge in [0.2, 0.25) is 11.8 Å². The van der Waals surface area contributed by atoms with E-state index in [1.54, 1.807) is 0 Å². The quantitative estimate of drug-likeness (QED) is 0.782. The number of ether oxygens (including phenoxy) is 1. The van der Waals surface area contributed by atoms with Crippen LogP contribution < -0.4 is 0 Å². The molecule has 0 radical (unpaired) electrons. The molecule has 1 aliphatic carbocycles. The lowest BCUT2D eigenvalue weighted by atomic mass is 9.79. The second kappa shape index (κ2) is 7.36. The lowest BCUT2D eigenvalue weighted by Gasteiger charge is -2.40. The highest BCUT2D eigenvalue weighted by Crippen LogP contribution is 2.42. The van der Waals surface area contributed by atoms with Gasteiger partial charge >= 0.3 is 0 Å². The third-order valence-electron chi connectivity index (χ3n) is 7.01. The molecule has 0 spiro atoms. The highest BCUT2D eigenvalue weighted by molar-refractivity contribution is 6.03. The van der Waals surface area contributed by atoms with E-state index in [0.717, 1.165) is 37.0 Å². The van der Waals surface area contributed by atoms with Crippen LogP contribution in [0.1, 0.15) is 29.8 Å². The first kappa shape index (κ1) is 19.5. The molecular weight excluding hydrogens is 378 g/mol. The number of likely N-dealkylation sites (N-methyl/N-ethyl adjacent to an activating group) is 1. The molecule has 2 atom stereocenters. The fraction of sp³-hybridized carbons (Fsp3) is 0.500. The minimum absolute atomic E-state index is 0.0434. The Morgan fingerprint density at radius 3 is 2.63 bits per heavy atom. The van der Waals surface area contributed by atoms with Crippen LogP contribution in [0.15, 0.2) is 30.5 Å². The summed E-state index contributed by atoms with van der Waals surface area (Å²) in [6, 6.07) is 6.44. The first-order valence-corrected chi connectivity index (χ1v) is 11.0. The average molecular weight is 408 g/mol. The largest absolute Gasteiger partial charge is 0.380 e. The summed E-state index contributed by atoms with van der Waals surface area (Å²) in [7, 11) is 2.11. The molecular formula is C24H29N3O3. The molecule has 1 aromatic heterocycles. The molecule has 1 saturated heterocycles. The van der Waals surface area contributed by atoms with Gasteiger partial charge in [-0.2, -0.15) is 0 Å². The van der Waals surface area contributed by atoms with Crippen molar-refractivity contribution in [2.75, 3.05) is 39.9 Å². The maximum absolute atomic E-state index is 13.1. The number of fused-ring (bicyclic) bond motifs is 2. The summed E-state index contributed by atoms with van der Waals surface area (Å²) in [6.07, 6.45) is 5.10. The van der Waals surface area contributed by atoms with E-state index < -0.39 is 0 Å². The fourth-order valence-corrected chi connectivity index (χ4v) is 5.24. The summed E-state index contributed by atoms with van der Waals surface area (Å²) in [5, 5.41) is 1.16. The Hall–Kier alpha value is -2.44. The fourth-order valence-electron chi connectivity index (χ4n) is 5.24. The first-order chi connectivity index (χ1) is 14.5. The van der Waals surface area contributed by atoms with Gasteiger partial charge in [0, 0.05) is 37.3 Å². The monoisotopic (exact) mass is 407 g/mol. The van der Waals surface area contributed by atoms with E-state index in [-0.39, 0.29) is 29.7 Å². The van der Waals surface area contributed by atoms with Crippen molar-refractivity contribution in [2.24, 2.45) is 11.8 Å². The second-order valence-electron chi connectivity index (χ2n) is 8.70. The molecule has 1 amide bonds. The van der Waals surface area contributed by atoms with Crippen LogP contribution in [0.4, 0.5) is 0 Å². The molecule has 30 heavy (non-hydrogen) atoms. The predicted octanol–water partition coefficient (Wildman–Crippen LogP) is 2.67. The van der Waals surface area contributed by atoms with Gasteiger partial charge in [0.05, 0.1) is 30.6 Å². The van der Waals surface area contributed by atoms with Gasteiger partial charge in [0.25, 0.3) is 0 Å². The zero-order valence-corrected chi connectivity index (χ0v) is 17.9. The van der Waals surface area contributed by atoms with Gasteiger partial charge < -0.3 is 9.64 Å². The predicted molar refractivity (Wildman–Crippen MR) is 116 cm³/mol. The van der Waals surface area contributed by atoms with Crippen LogP contribution in [0.25, 0.3) is 16.5 Å². The molecule has 0 unspecified atom stereocenters. The third-order valence-corrected chi connectivity index (χ3v) is 7.01. The Labute approximate surface area is 177 Å². The lowest BCUT2D eigenvalue weighted by Crippen LogP contribution is -2.47. The van der Waals surface area contributed by atoms with E-state index >= 15 is 0 Å². The van der Waals surface area contributed by atoms with Crippen LogP contribution in [0, 0.1) is 11.8 Å². The van der Waals surface area contributed by atoms with Crippen molar-refractivity contribution >= 4 is 28.3 Å². The van der Waals surface area contributed by atoms with Gasteiger partial charge in [0.15, 0.2) is 0 Å². The summed E-state index contributed by atoms with van der Waals surface area (Å²) in [4.78, 5) is 30.3. The van der Waals surface area contributed by atoms with Crippen molar-refractivity contribution in [1.82, 2.24) is 14.4 Å². The molecule has 5 rings (SSSR count). The zero-order valence-electron chi connectivity index (χ0n) is 17.9. The smallest absolute Gasteiger partial charge is 0.238 e. The Morgan fingerprint density at radius 2 is 1.97 bits per heavy atom. The Kier molecular flexibility index (Phi) is 4.79. The van der Waals surface area contributed by atoms with Gasteiger partial charge in [-0.05, 0) is 50.1 Å². The van der Waals surface area contributed by atoms with Crippen molar-refractivity contribution in [3.63, 3.8) is 0 Å². The number of carbonyl (C=O) groups is 2. The first-order valence-electron chi connectivity index (χ1n) is 11.0.